The molecule has 0 amide bonds. The summed E-state index contributed by atoms with van der Waals surface area (Å²) in [6.07, 6.45) is 2.53. The minimum atomic E-state index is 0.304. The van der Waals surface area contributed by atoms with E-state index in [2.05, 4.69) is 16.5 Å². The molecule has 0 aliphatic heterocycles. The third kappa shape index (κ3) is 2.32. The zero-order chi connectivity index (χ0) is 12.5. The zero-order valence-corrected chi connectivity index (χ0v) is 10.4. The average Bonchev–Trinajstić information content (AvgIpc) is 3.12. The van der Waals surface area contributed by atoms with E-state index < -0.39 is 0 Å². The molecule has 2 aromatic rings. The molecule has 1 aromatic heterocycles. The second-order valence-corrected chi connectivity index (χ2v) is 4.88. The van der Waals surface area contributed by atoms with E-state index in [1.165, 1.54) is 18.5 Å². The molecule has 4 heteroatoms. The molecule has 18 heavy (non-hydrogen) atoms. The molecule has 2 N–H and O–H groups in total. The van der Waals surface area contributed by atoms with E-state index in [0.717, 1.165) is 11.4 Å². The van der Waals surface area contributed by atoms with E-state index in [4.69, 9.17) is 0 Å². The molecule has 1 fully saturated rings. The Labute approximate surface area is 106 Å². The number of phenols is 1. The molecule has 0 atom stereocenters. The average molecular weight is 243 g/mol. The Morgan fingerprint density at radius 1 is 1.39 bits per heavy atom. The molecular formula is C14H17N3O. The van der Waals surface area contributed by atoms with Crippen molar-refractivity contribution in [2.45, 2.75) is 25.3 Å². The fourth-order valence-corrected chi connectivity index (χ4v) is 2.09. The number of anilines is 1. The van der Waals surface area contributed by atoms with Gasteiger partial charge in [-0.3, -0.25) is 4.68 Å². The van der Waals surface area contributed by atoms with E-state index in [0.29, 0.717) is 18.2 Å². The summed E-state index contributed by atoms with van der Waals surface area (Å²) < 4.78 is 1.89. The van der Waals surface area contributed by atoms with Gasteiger partial charge in [-0.15, -0.1) is 0 Å². The van der Waals surface area contributed by atoms with Crippen LogP contribution in [-0.4, -0.2) is 14.9 Å². The van der Waals surface area contributed by atoms with E-state index in [1.807, 2.05) is 23.9 Å². The molecule has 0 saturated heterocycles. The van der Waals surface area contributed by atoms with Gasteiger partial charge in [0.1, 0.15) is 11.6 Å². The normalized spacial score (nSPS) is 14.7. The third-order valence-corrected chi connectivity index (χ3v) is 3.28. The molecule has 1 aliphatic carbocycles. The summed E-state index contributed by atoms with van der Waals surface area (Å²) >= 11 is 0. The van der Waals surface area contributed by atoms with Crippen LogP contribution in [0.5, 0.6) is 5.75 Å². The lowest BCUT2D eigenvalue weighted by atomic mass is 10.2. The van der Waals surface area contributed by atoms with Crippen LogP contribution in [0.4, 0.5) is 5.82 Å². The number of aryl methyl sites for hydroxylation is 1. The molecule has 0 bridgehead atoms. The largest absolute Gasteiger partial charge is 0.508 e. The quantitative estimate of drug-likeness (QED) is 0.867. The van der Waals surface area contributed by atoms with Crippen LogP contribution in [0.1, 0.15) is 30.0 Å². The maximum Gasteiger partial charge on any atom is 0.124 e. The van der Waals surface area contributed by atoms with Crippen LogP contribution in [0.15, 0.2) is 30.3 Å². The molecule has 0 spiro atoms. The Balaban J connectivity index is 1.69. The minimum Gasteiger partial charge on any atom is -0.508 e. The Hall–Kier alpha value is -1.97. The summed E-state index contributed by atoms with van der Waals surface area (Å²) in [4.78, 5) is 0. The summed E-state index contributed by atoms with van der Waals surface area (Å²) in [5, 5.41) is 17.3. The number of benzene rings is 1. The Kier molecular flexibility index (Phi) is 2.70. The number of hydrogen-bond donors (Lipinski definition) is 2. The predicted molar refractivity (Wildman–Crippen MR) is 70.6 cm³/mol. The lowest BCUT2D eigenvalue weighted by molar-refractivity contribution is 0.474. The van der Waals surface area contributed by atoms with Crippen molar-refractivity contribution in [1.82, 2.24) is 9.78 Å². The maximum absolute atomic E-state index is 9.40. The summed E-state index contributed by atoms with van der Waals surface area (Å²) in [5.41, 5.74) is 2.25. The van der Waals surface area contributed by atoms with Crippen molar-refractivity contribution in [3.05, 3.63) is 41.6 Å². The Morgan fingerprint density at radius 2 is 2.22 bits per heavy atom. The molecule has 1 heterocycles. The van der Waals surface area contributed by atoms with Gasteiger partial charge in [0.2, 0.25) is 0 Å². The standard InChI is InChI=1S/C14H17N3O/c1-17-14(8-13(16-17)11-5-6-11)15-9-10-3-2-4-12(18)7-10/h2-4,7-8,11,15,18H,5-6,9H2,1H3. The van der Waals surface area contributed by atoms with Gasteiger partial charge in [0.05, 0.1) is 5.69 Å². The number of hydrogen-bond acceptors (Lipinski definition) is 3. The van der Waals surface area contributed by atoms with Crippen LogP contribution in [0.3, 0.4) is 0 Å². The second kappa shape index (κ2) is 4.37. The third-order valence-electron chi connectivity index (χ3n) is 3.28. The molecule has 1 aromatic carbocycles. The van der Waals surface area contributed by atoms with Crippen molar-refractivity contribution in [3.8, 4) is 5.75 Å². The van der Waals surface area contributed by atoms with Crippen LogP contribution in [0, 0.1) is 0 Å². The molecule has 94 valence electrons. The molecule has 3 rings (SSSR count). The molecular weight excluding hydrogens is 226 g/mol. The summed E-state index contributed by atoms with van der Waals surface area (Å²) in [7, 11) is 1.96. The van der Waals surface area contributed by atoms with Gasteiger partial charge < -0.3 is 10.4 Å². The van der Waals surface area contributed by atoms with Gasteiger partial charge in [0.15, 0.2) is 0 Å². The minimum absolute atomic E-state index is 0.304. The first kappa shape index (κ1) is 11.1. The molecule has 1 saturated carbocycles. The SMILES string of the molecule is Cn1nc(C2CC2)cc1NCc1cccc(O)c1. The number of aromatic nitrogens is 2. The van der Waals surface area contributed by atoms with Crippen molar-refractivity contribution in [2.75, 3.05) is 5.32 Å². The van der Waals surface area contributed by atoms with Crippen LogP contribution in [0.2, 0.25) is 0 Å². The Bertz CT molecular complexity index is 558. The number of nitrogens with one attached hydrogen (secondary N) is 1. The van der Waals surface area contributed by atoms with Crippen LogP contribution in [0.25, 0.3) is 0 Å². The van der Waals surface area contributed by atoms with E-state index >= 15 is 0 Å². The zero-order valence-electron chi connectivity index (χ0n) is 10.4. The maximum atomic E-state index is 9.40. The summed E-state index contributed by atoms with van der Waals surface area (Å²) in [5.74, 6) is 2.01. The highest BCUT2D eigenvalue weighted by Gasteiger charge is 2.26. The van der Waals surface area contributed by atoms with Gasteiger partial charge in [0, 0.05) is 25.6 Å². The first-order valence-corrected chi connectivity index (χ1v) is 6.28. The Morgan fingerprint density at radius 3 is 2.94 bits per heavy atom. The highest BCUT2D eigenvalue weighted by Crippen LogP contribution is 2.39. The molecule has 0 unspecified atom stereocenters. The lowest BCUT2D eigenvalue weighted by Gasteiger charge is -2.06. The van der Waals surface area contributed by atoms with Gasteiger partial charge in [-0.05, 0) is 30.5 Å². The first-order valence-electron chi connectivity index (χ1n) is 6.28. The van der Waals surface area contributed by atoms with Gasteiger partial charge in [-0.2, -0.15) is 5.10 Å². The van der Waals surface area contributed by atoms with Crippen molar-refractivity contribution in [1.29, 1.82) is 0 Å². The number of rotatable bonds is 4. The summed E-state index contributed by atoms with van der Waals surface area (Å²) in [6.45, 7) is 0.693. The summed E-state index contributed by atoms with van der Waals surface area (Å²) in [6, 6.07) is 9.42. The fraction of sp³-hybridized carbons (Fsp3) is 0.357. The number of aromatic hydroxyl groups is 1. The fourth-order valence-electron chi connectivity index (χ4n) is 2.09. The van der Waals surface area contributed by atoms with Crippen LogP contribution < -0.4 is 5.32 Å². The van der Waals surface area contributed by atoms with Crippen molar-refractivity contribution in [3.63, 3.8) is 0 Å². The van der Waals surface area contributed by atoms with Crippen LogP contribution >= 0.6 is 0 Å². The van der Waals surface area contributed by atoms with Crippen molar-refractivity contribution >= 4 is 5.82 Å². The molecule has 1 aliphatic rings. The lowest BCUT2D eigenvalue weighted by Crippen LogP contribution is -2.04. The van der Waals surface area contributed by atoms with E-state index in [-0.39, 0.29) is 0 Å². The number of phenolic OH excluding ortho intramolecular Hbond substituents is 1. The predicted octanol–water partition coefficient (Wildman–Crippen LogP) is 2.62. The highest BCUT2D eigenvalue weighted by molar-refractivity contribution is 5.40. The topological polar surface area (TPSA) is 50.1 Å². The smallest absolute Gasteiger partial charge is 0.124 e. The monoisotopic (exact) mass is 243 g/mol. The number of nitrogens with zero attached hydrogens (tertiary/aromatic N) is 2. The van der Waals surface area contributed by atoms with E-state index in [1.54, 1.807) is 12.1 Å². The van der Waals surface area contributed by atoms with Gasteiger partial charge in [-0.25, -0.2) is 0 Å². The van der Waals surface area contributed by atoms with Gasteiger partial charge >= 0.3 is 0 Å². The van der Waals surface area contributed by atoms with Gasteiger partial charge in [-0.1, -0.05) is 12.1 Å². The van der Waals surface area contributed by atoms with E-state index in [9.17, 15) is 5.11 Å². The first-order chi connectivity index (χ1) is 8.72. The highest BCUT2D eigenvalue weighted by atomic mass is 16.3. The van der Waals surface area contributed by atoms with Crippen molar-refractivity contribution in [2.24, 2.45) is 7.05 Å². The van der Waals surface area contributed by atoms with Crippen LogP contribution in [-0.2, 0) is 13.6 Å². The molecule has 4 nitrogen and oxygen atoms in total. The van der Waals surface area contributed by atoms with Gasteiger partial charge in [0.25, 0.3) is 0 Å². The second-order valence-electron chi connectivity index (χ2n) is 4.88. The van der Waals surface area contributed by atoms with Crippen molar-refractivity contribution < 1.29 is 5.11 Å². The molecule has 0 radical (unpaired) electrons.